The van der Waals surface area contributed by atoms with Gasteiger partial charge in [0, 0.05) is 58.2 Å². The Bertz CT molecular complexity index is 1110. The fourth-order valence-electron chi connectivity index (χ4n) is 3.79. The third kappa shape index (κ3) is 6.39. The zero-order valence-corrected chi connectivity index (χ0v) is 20.0. The standard InChI is InChI=1S/C24H29N5O4.ClH/c1-32-17-5-12-25-24(31)21-9-8-20(33-21)18-29-23(30)11-10-22(26-29)28-15-13-27(14-16-28)19-6-3-2-4-7-19;/h2-4,6-11H,5,12-18H2,1H3,(H,25,31);1H. The van der Waals surface area contributed by atoms with Gasteiger partial charge in [-0.05, 0) is 36.8 Å². The molecule has 0 radical (unpaired) electrons. The molecule has 182 valence electrons. The van der Waals surface area contributed by atoms with Crippen LogP contribution in [0.5, 0.6) is 0 Å². The molecule has 1 amide bonds. The first-order chi connectivity index (χ1) is 16.1. The van der Waals surface area contributed by atoms with Crippen LogP contribution in [0.25, 0.3) is 0 Å². The van der Waals surface area contributed by atoms with Gasteiger partial charge in [-0.1, -0.05) is 18.2 Å². The van der Waals surface area contributed by atoms with Crippen LogP contribution in [-0.4, -0.2) is 62.1 Å². The van der Waals surface area contributed by atoms with Crippen molar-refractivity contribution in [3.05, 3.63) is 76.5 Å². The summed E-state index contributed by atoms with van der Waals surface area (Å²) in [4.78, 5) is 29.1. The molecule has 0 unspecified atom stereocenters. The van der Waals surface area contributed by atoms with Crippen molar-refractivity contribution in [3.63, 3.8) is 0 Å². The van der Waals surface area contributed by atoms with Crippen molar-refractivity contribution in [1.29, 1.82) is 0 Å². The number of anilines is 2. The number of nitrogens with zero attached hydrogens (tertiary/aromatic N) is 4. The van der Waals surface area contributed by atoms with Crippen molar-refractivity contribution in [2.45, 2.75) is 13.0 Å². The van der Waals surface area contributed by atoms with Crippen LogP contribution in [-0.2, 0) is 11.3 Å². The van der Waals surface area contributed by atoms with E-state index in [2.05, 4.69) is 32.3 Å². The summed E-state index contributed by atoms with van der Waals surface area (Å²) in [6, 6.07) is 16.9. The number of halogens is 1. The topological polar surface area (TPSA) is 92.8 Å². The van der Waals surface area contributed by atoms with Gasteiger partial charge < -0.3 is 24.3 Å². The molecule has 0 bridgehead atoms. The molecule has 0 saturated carbocycles. The molecule has 1 fully saturated rings. The third-order valence-electron chi connectivity index (χ3n) is 5.58. The maximum absolute atomic E-state index is 12.4. The lowest BCUT2D eigenvalue weighted by Gasteiger charge is -2.36. The van der Waals surface area contributed by atoms with E-state index in [1.54, 1.807) is 25.3 Å². The fourth-order valence-corrected chi connectivity index (χ4v) is 3.79. The molecule has 1 aliphatic rings. The average Bonchev–Trinajstić information content (AvgIpc) is 3.32. The fraction of sp³-hybridized carbons (Fsp3) is 0.375. The summed E-state index contributed by atoms with van der Waals surface area (Å²) in [6.45, 7) is 4.63. The number of amides is 1. The number of furan rings is 1. The van der Waals surface area contributed by atoms with Gasteiger partial charge in [0.1, 0.15) is 18.1 Å². The Balaban J connectivity index is 0.00000324. The summed E-state index contributed by atoms with van der Waals surface area (Å²) in [5.74, 6) is 1.18. The molecular weight excluding hydrogens is 458 g/mol. The number of piperazine rings is 1. The van der Waals surface area contributed by atoms with Crippen LogP contribution >= 0.6 is 12.4 Å². The molecule has 2 aromatic heterocycles. The first-order valence-electron chi connectivity index (χ1n) is 11.1. The summed E-state index contributed by atoms with van der Waals surface area (Å²) in [7, 11) is 1.62. The molecule has 0 aliphatic carbocycles. The minimum atomic E-state index is -0.289. The monoisotopic (exact) mass is 487 g/mol. The van der Waals surface area contributed by atoms with Crippen molar-refractivity contribution in [2.75, 3.05) is 56.2 Å². The summed E-state index contributed by atoms with van der Waals surface area (Å²) in [6.07, 6.45) is 0.724. The minimum Gasteiger partial charge on any atom is -0.454 e. The summed E-state index contributed by atoms with van der Waals surface area (Å²) in [5.41, 5.74) is 0.995. The molecule has 3 heterocycles. The predicted octanol–water partition coefficient (Wildman–Crippen LogP) is 2.40. The third-order valence-corrected chi connectivity index (χ3v) is 5.58. The van der Waals surface area contributed by atoms with Crippen LogP contribution in [0.1, 0.15) is 22.7 Å². The number of nitrogens with one attached hydrogen (secondary N) is 1. The van der Waals surface area contributed by atoms with E-state index in [0.29, 0.717) is 18.9 Å². The Labute approximate surface area is 204 Å². The van der Waals surface area contributed by atoms with Crippen molar-refractivity contribution in [2.24, 2.45) is 0 Å². The summed E-state index contributed by atoms with van der Waals surface area (Å²) in [5, 5.41) is 7.33. The summed E-state index contributed by atoms with van der Waals surface area (Å²) < 4.78 is 12.0. The zero-order valence-electron chi connectivity index (χ0n) is 19.2. The largest absolute Gasteiger partial charge is 0.454 e. The van der Waals surface area contributed by atoms with Gasteiger partial charge >= 0.3 is 0 Å². The van der Waals surface area contributed by atoms with E-state index in [-0.39, 0.29) is 36.2 Å². The molecule has 1 aliphatic heterocycles. The van der Waals surface area contributed by atoms with Crippen LogP contribution in [0.15, 0.2) is 63.8 Å². The molecule has 4 rings (SSSR count). The number of hydrogen-bond acceptors (Lipinski definition) is 7. The van der Waals surface area contributed by atoms with Crippen LogP contribution in [0, 0.1) is 0 Å². The van der Waals surface area contributed by atoms with Gasteiger partial charge in [-0.25, -0.2) is 4.68 Å². The maximum Gasteiger partial charge on any atom is 0.286 e. The van der Waals surface area contributed by atoms with E-state index in [1.807, 2.05) is 18.2 Å². The SMILES string of the molecule is COCCCNC(=O)c1ccc(Cn2nc(N3CCN(c4ccccc4)CC3)ccc2=O)o1.Cl. The Morgan fingerprint density at radius 3 is 2.50 bits per heavy atom. The number of benzene rings is 1. The van der Waals surface area contributed by atoms with Crippen LogP contribution in [0.3, 0.4) is 0 Å². The first kappa shape index (κ1) is 25.3. The number of ether oxygens (including phenoxy) is 1. The van der Waals surface area contributed by atoms with E-state index in [4.69, 9.17) is 9.15 Å². The van der Waals surface area contributed by atoms with E-state index in [1.165, 1.54) is 16.4 Å². The van der Waals surface area contributed by atoms with Crippen molar-refractivity contribution < 1.29 is 13.9 Å². The highest BCUT2D eigenvalue weighted by Gasteiger charge is 2.19. The molecule has 1 saturated heterocycles. The lowest BCUT2D eigenvalue weighted by Crippen LogP contribution is -2.47. The molecular formula is C24H30ClN5O4. The number of methoxy groups -OCH3 is 1. The maximum atomic E-state index is 12.4. The Morgan fingerprint density at radius 2 is 1.76 bits per heavy atom. The van der Waals surface area contributed by atoms with Crippen LogP contribution in [0.4, 0.5) is 11.5 Å². The normalized spacial score (nSPS) is 13.4. The second kappa shape index (κ2) is 12.2. The second-order valence-corrected chi connectivity index (χ2v) is 7.87. The molecule has 0 spiro atoms. The van der Waals surface area contributed by atoms with Gasteiger partial charge in [-0.2, -0.15) is 5.10 Å². The highest BCUT2D eigenvalue weighted by molar-refractivity contribution is 5.91. The second-order valence-electron chi connectivity index (χ2n) is 7.87. The number of aromatic nitrogens is 2. The first-order valence-corrected chi connectivity index (χ1v) is 11.1. The van der Waals surface area contributed by atoms with Gasteiger partial charge in [0.15, 0.2) is 5.76 Å². The van der Waals surface area contributed by atoms with Crippen molar-refractivity contribution in [1.82, 2.24) is 15.1 Å². The van der Waals surface area contributed by atoms with Gasteiger partial charge in [0.25, 0.3) is 11.5 Å². The Morgan fingerprint density at radius 1 is 1.03 bits per heavy atom. The van der Waals surface area contributed by atoms with Gasteiger partial charge in [-0.15, -0.1) is 12.4 Å². The number of carbonyl (C=O) groups is 1. The Kier molecular flexibility index (Phi) is 9.12. The molecule has 34 heavy (non-hydrogen) atoms. The molecule has 10 heteroatoms. The average molecular weight is 488 g/mol. The van der Waals surface area contributed by atoms with Gasteiger partial charge in [0.05, 0.1) is 0 Å². The van der Waals surface area contributed by atoms with Crippen LogP contribution in [0.2, 0.25) is 0 Å². The predicted molar refractivity (Wildman–Crippen MR) is 133 cm³/mol. The van der Waals surface area contributed by atoms with E-state index in [0.717, 1.165) is 38.4 Å². The number of hydrogen-bond donors (Lipinski definition) is 1. The van der Waals surface area contributed by atoms with E-state index in [9.17, 15) is 9.59 Å². The highest BCUT2D eigenvalue weighted by atomic mass is 35.5. The smallest absolute Gasteiger partial charge is 0.286 e. The van der Waals surface area contributed by atoms with E-state index >= 15 is 0 Å². The Hall–Kier alpha value is -3.30. The molecule has 3 aromatic rings. The molecule has 0 atom stereocenters. The lowest BCUT2D eigenvalue weighted by molar-refractivity contribution is 0.0919. The molecule has 9 nitrogen and oxygen atoms in total. The number of carbonyl (C=O) groups excluding carboxylic acids is 1. The zero-order chi connectivity index (χ0) is 23.0. The van der Waals surface area contributed by atoms with Gasteiger partial charge in [-0.3, -0.25) is 9.59 Å². The van der Waals surface area contributed by atoms with Crippen LogP contribution < -0.4 is 20.7 Å². The van der Waals surface area contributed by atoms with Crippen molar-refractivity contribution >= 4 is 29.8 Å². The van der Waals surface area contributed by atoms with Crippen molar-refractivity contribution in [3.8, 4) is 0 Å². The highest BCUT2D eigenvalue weighted by Crippen LogP contribution is 2.18. The summed E-state index contributed by atoms with van der Waals surface area (Å²) >= 11 is 0. The van der Waals surface area contributed by atoms with Gasteiger partial charge in [0.2, 0.25) is 0 Å². The quantitative estimate of drug-likeness (QED) is 0.463. The minimum absolute atomic E-state index is 0. The number of para-hydroxylation sites is 1. The molecule has 1 N–H and O–H groups in total. The lowest BCUT2D eigenvalue weighted by atomic mass is 10.2. The number of rotatable bonds is 9. The molecule has 1 aromatic carbocycles. The van der Waals surface area contributed by atoms with E-state index < -0.39 is 0 Å².